The van der Waals surface area contributed by atoms with Crippen molar-refractivity contribution < 1.29 is 14.3 Å². The molecule has 5 heteroatoms. The van der Waals surface area contributed by atoms with Crippen LogP contribution in [0.1, 0.15) is 19.7 Å². The zero-order valence-electron chi connectivity index (χ0n) is 12.3. The Hall–Kier alpha value is -2.14. The van der Waals surface area contributed by atoms with Crippen molar-refractivity contribution in [3.05, 3.63) is 42.4 Å². The summed E-state index contributed by atoms with van der Waals surface area (Å²) in [6, 6.07) is 9.72. The first-order valence-corrected chi connectivity index (χ1v) is 6.99. The first-order valence-electron chi connectivity index (χ1n) is 6.99. The lowest BCUT2D eigenvalue weighted by atomic mass is 10.2. The highest BCUT2D eigenvalue weighted by Crippen LogP contribution is 2.20. The smallest absolute Gasteiger partial charge is 0.317 e. The highest BCUT2D eigenvalue weighted by atomic mass is 16.4. The maximum absolute atomic E-state index is 10.9. The van der Waals surface area contributed by atoms with Crippen molar-refractivity contribution in [3.8, 4) is 11.3 Å². The molecule has 21 heavy (non-hydrogen) atoms. The number of carbonyl (C=O) groups is 1. The molecule has 2 aromatic rings. The zero-order valence-corrected chi connectivity index (χ0v) is 12.3. The van der Waals surface area contributed by atoms with Crippen LogP contribution in [-0.4, -0.2) is 34.0 Å². The molecular formula is C16H20N2O3. The van der Waals surface area contributed by atoms with Crippen molar-refractivity contribution in [1.29, 1.82) is 0 Å². The fourth-order valence-electron chi connectivity index (χ4n) is 2.20. The van der Waals surface area contributed by atoms with Crippen LogP contribution < -0.4 is 0 Å². The number of rotatable bonds is 7. The minimum absolute atomic E-state index is 0.0127. The van der Waals surface area contributed by atoms with E-state index in [0.29, 0.717) is 30.7 Å². The minimum atomic E-state index is -0.842. The van der Waals surface area contributed by atoms with Crippen LogP contribution in [0.15, 0.2) is 40.9 Å². The van der Waals surface area contributed by atoms with Crippen molar-refractivity contribution >= 4 is 5.97 Å². The number of nitrogens with zero attached hydrogens (tertiary/aromatic N) is 2. The number of benzene rings is 1. The first-order chi connectivity index (χ1) is 10.0. The van der Waals surface area contributed by atoms with Crippen molar-refractivity contribution in [2.24, 2.45) is 5.92 Å². The van der Waals surface area contributed by atoms with Gasteiger partial charge in [-0.2, -0.15) is 0 Å². The Kier molecular flexibility index (Phi) is 5.11. The fourth-order valence-corrected chi connectivity index (χ4v) is 2.20. The molecule has 1 heterocycles. The first kappa shape index (κ1) is 15.3. The van der Waals surface area contributed by atoms with Gasteiger partial charge in [-0.3, -0.25) is 9.69 Å². The molecule has 0 unspecified atom stereocenters. The largest absolute Gasteiger partial charge is 0.480 e. The average molecular weight is 288 g/mol. The van der Waals surface area contributed by atoms with E-state index < -0.39 is 5.97 Å². The van der Waals surface area contributed by atoms with Gasteiger partial charge in [0.1, 0.15) is 0 Å². The maximum Gasteiger partial charge on any atom is 0.317 e. The van der Waals surface area contributed by atoms with Gasteiger partial charge in [0.2, 0.25) is 5.89 Å². The second-order valence-electron chi connectivity index (χ2n) is 5.44. The summed E-state index contributed by atoms with van der Waals surface area (Å²) < 4.78 is 5.72. The molecule has 112 valence electrons. The number of hydrogen-bond donors (Lipinski definition) is 1. The van der Waals surface area contributed by atoms with Gasteiger partial charge in [-0.1, -0.05) is 44.2 Å². The van der Waals surface area contributed by atoms with Crippen LogP contribution in [0.25, 0.3) is 11.3 Å². The Bertz CT molecular complexity index is 578. The SMILES string of the molecule is CC(C)CN(CC(=O)O)Cc1ncc(-c2ccccc2)o1. The highest BCUT2D eigenvalue weighted by Gasteiger charge is 2.15. The van der Waals surface area contributed by atoms with E-state index in [1.54, 1.807) is 6.20 Å². The van der Waals surface area contributed by atoms with Gasteiger partial charge >= 0.3 is 5.97 Å². The quantitative estimate of drug-likeness (QED) is 0.848. The average Bonchev–Trinajstić information content (AvgIpc) is 2.86. The molecule has 1 aromatic heterocycles. The van der Waals surface area contributed by atoms with Crippen LogP contribution in [0.3, 0.4) is 0 Å². The third-order valence-corrected chi connectivity index (χ3v) is 2.95. The van der Waals surface area contributed by atoms with Crippen LogP contribution in [-0.2, 0) is 11.3 Å². The standard InChI is InChI=1S/C16H20N2O3/c1-12(2)9-18(11-16(19)20)10-15-17-8-14(21-15)13-6-4-3-5-7-13/h3-8,12H,9-11H2,1-2H3,(H,19,20). The lowest BCUT2D eigenvalue weighted by Gasteiger charge is -2.20. The van der Waals surface area contributed by atoms with Gasteiger partial charge in [-0.05, 0) is 5.92 Å². The molecule has 0 aliphatic carbocycles. The second-order valence-corrected chi connectivity index (χ2v) is 5.44. The zero-order chi connectivity index (χ0) is 15.2. The van der Waals surface area contributed by atoms with E-state index >= 15 is 0 Å². The van der Waals surface area contributed by atoms with Crippen LogP contribution in [0, 0.1) is 5.92 Å². The molecule has 2 rings (SSSR count). The Morgan fingerprint density at radius 1 is 1.33 bits per heavy atom. The summed E-state index contributed by atoms with van der Waals surface area (Å²) in [5.41, 5.74) is 0.963. The predicted octanol–water partition coefficient (Wildman–Crippen LogP) is 2.88. The lowest BCUT2D eigenvalue weighted by molar-refractivity contribution is -0.138. The van der Waals surface area contributed by atoms with Crippen LogP contribution in [0.5, 0.6) is 0 Å². The van der Waals surface area contributed by atoms with Gasteiger partial charge in [0, 0.05) is 12.1 Å². The van der Waals surface area contributed by atoms with Crippen molar-refractivity contribution in [2.45, 2.75) is 20.4 Å². The topological polar surface area (TPSA) is 66.6 Å². The van der Waals surface area contributed by atoms with E-state index in [4.69, 9.17) is 9.52 Å². The third-order valence-electron chi connectivity index (χ3n) is 2.95. The summed E-state index contributed by atoms with van der Waals surface area (Å²) in [4.78, 5) is 17.0. The van der Waals surface area contributed by atoms with E-state index in [0.717, 1.165) is 5.56 Å². The summed E-state index contributed by atoms with van der Waals surface area (Å²) in [5.74, 6) is 0.777. The molecule has 0 spiro atoms. The lowest BCUT2D eigenvalue weighted by Crippen LogP contribution is -2.32. The molecule has 1 N–H and O–H groups in total. The Morgan fingerprint density at radius 3 is 2.67 bits per heavy atom. The van der Waals surface area contributed by atoms with Crippen molar-refractivity contribution in [2.75, 3.05) is 13.1 Å². The monoisotopic (exact) mass is 288 g/mol. The summed E-state index contributed by atoms with van der Waals surface area (Å²) in [5, 5.41) is 8.97. The number of carboxylic acids is 1. The van der Waals surface area contributed by atoms with E-state index in [9.17, 15) is 4.79 Å². The van der Waals surface area contributed by atoms with Crippen molar-refractivity contribution in [3.63, 3.8) is 0 Å². The number of aliphatic carboxylic acids is 1. The fraction of sp³-hybridized carbons (Fsp3) is 0.375. The van der Waals surface area contributed by atoms with E-state index in [1.807, 2.05) is 35.2 Å². The van der Waals surface area contributed by atoms with Gasteiger partial charge < -0.3 is 9.52 Å². The van der Waals surface area contributed by atoms with Crippen LogP contribution in [0.2, 0.25) is 0 Å². The number of carboxylic acid groups (broad SMARTS) is 1. The van der Waals surface area contributed by atoms with Crippen LogP contribution in [0.4, 0.5) is 0 Å². The summed E-state index contributed by atoms with van der Waals surface area (Å²) >= 11 is 0. The predicted molar refractivity (Wildman–Crippen MR) is 79.7 cm³/mol. The van der Waals surface area contributed by atoms with Gasteiger partial charge in [-0.15, -0.1) is 0 Å². The molecule has 1 aromatic carbocycles. The Balaban J connectivity index is 2.07. The molecular weight excluding hydrogens is 268 g/mol. The number of oxazole rings is 1. The third kappa shape index (κ3) is 4.72. The maximum atomic E-state index is 10.9. The van der Waals surface area contributed by atoms with Crippen molar-refractivity contribution in [1.82, 2.24) is 9.88 Å². The molecule has 0 saturated carbocycles. The van der Waals surface area contributed by atoms with E-state index in [2.05, 4.69) is 18.8 Å². The molecule has 0 aliphatic rings. The molecule has 0 atom stereocenters. The highest BCUT2D eigenvalue weighted by molar-refractivity contribution is 5.69. The van der Waals surface area contributed by atoms with Gasteiger partial charge in [0.05, 0.1) is 19.3 Å². The Labute approximate surface area is 124 Å². The van der Waals surface area contributed by atoms with Gasteiger partial charge in [0.15, 0.2) is 5.76 Å². The minimum Gasteiger partial charge on any atom is -0.480 e. The Morgan fingerprint density at radius 2 is 2.05 bits per heavy atom. The molecule has 0 bridgehead atoms. The van der Waals surface area contributed by atoms with Gasteiger partial charge in [-0.25, -0.2) is 4.98 Å². The normalized spacial score (nSPS) is 11.2. The molecule has 0 radical (unpaired) electrons. The van der Waals surface area contributed by atoms with E-state index in [-0.39, 0.29) is 6.54 Å². The summed E-state index contributed by atoms with van der Waals surface area (Å²) in [6.45, 7) is 5.19. The molecule has 5 nitrogen and oxygen atoms in total. The molecule has 0 saturated heterocycles. The summed E-state index contributed by atoms with van der Waals surface area (Å²) in [7, 11) is 0. The number of hydrogen-bond acceptors (Lipinski definition) is 4. The van der Waals surface area contributed by atoms with Crippen LogP contribution >= 0.6 is 0 Å². The molecule has 0 amide bonds. The number of aromatic nitrogens is 1. The summed E-state index contributed by atoms with van der Waals surface area (Å²) in [6.07, 6.45) is 1.68. The molecule has 0 fully saturated rings. The van der Waals surface area contributed by atoms with E-state index in [1.165, 1.54) is 0 Å². The second kappa shape index (κ2) is 7.04. The van der Waals surface area contributed by atoms with Gasteiger partial charge in [0.25, 0.3) is 0 Å². The molecule has 0 aliphatic heterocycles.